The summed E-state index contributed by atoms with van der Waals surface area (Å²) in [6.45, 7) is 17.2. The van der Waals surface area contributed by atoms with Gasteiger partial charge in [-0.2, -0.15) is 0 Å². The van der Waals surface area contributed by atoms with Crippen molar-refractivity contribution in [2.24, 2.45) is 21.1 Å². The highest BCUT2D eigenvalue weighted by Gasteiger charge is 2.35. The zero-order valence-corrected chi connectivity index (χ0v) is 76.2. The van der Waals surface area contributed by atoms with Crippen molar-refractivity contribution in [1.82, 2.24) is 67.1 Å². The van der Waals surface area contributed by atoms with E-state index in [0.717, 1.165) is 234 Å². The Hall–Kier alpha value is -14.6. The number of methoxy groups -OCH3 is 2. The van der Waals surface area contributed by atoms with E-state index in [1.807, 2.05) is 283 Å². The van der Waals surface area contributed by atoms with Gasteiger partial charge in [0.15, 0.2) is 22.9 Å². The van der Waals surface area contributed by atoms with Crippen molar-refractivity contribution < 1.29 is 38.6 Å². The summed E-state index contributed by atoms with van der Waals surface area (Å²) in [5.41, 5.74) is 19.2. The highest BCUT2D eigenvalue weighted by Crippen LogP contribution is 2.40. The Morgan fingerprint density at radius 2 is 1.07 bits per heavy atom. The second kappa shape index (κ2) is 38.8. The smallest absolute Gasteiger partial charge is 0.260 e. The maximum absolute atomic E-state index is 13.7. The number of aryl methyl sites for hydroxylation is 6. The molecule has 666 valence electrons. The maximum Gasteiger partial charge on any atom is 0.260 e. The number of carbonyl (C=O) groups excluding carboxylic acids is 5. The van der Waals surface area contributed by atoms with Gasteiger partial charge in [-0.15, -0.1) is 20.4 Å². The third-order valence-electron chi connectivity index (χ3n) is 26.4. The van der Waals surface area contributed by atoms with E-state index in [0.29, 0.717) is 18.7 Å². The number of nitrogens with zero attached hydrogens (tertiary/aromatic N) is 14. The van der Waals surface area contributed by atoms with Gasteiger partial charge in [0.25, 0.3) is 11.8 Å². The molecule has 0 spiro atoms. The fourth-order valence-electron chi connectivity index (χ4n) is 19.5. The number of benzene rings is 9. The van der Waals surface area contributed by atoms with E-state index < -0.39 is 6.23 Å². The third kappa shape index (κ3) is 17.7. The van der Waals surface area contributed by atoms with Crippen molar-refractivity contribution in [3.63, 3.8) is 0 Å². The molecule has 0 saturated carbocycles. The van der Waals surface area contributed by atoms with E-state index in [1.54, 1.807) is 21.1 Å². The number of piperidine rings is 2. The first-order valence-corrected chi connectivity index (χ1v) is 45.2. The number of hydrogen-bond acceptors (Lipinski definition) is 13. The van der Waals surface area contributed by atoms with Crippen LogP contribution in [0.2, 0.25) is 0 Å². The number of hydrogen-bond donors (Lipinski definition) is 2. The van der Waals surface area contributed by atoms with Crippen LogP contribution in [0.1, 0.15) is 168 Å². The van der Waals surface area contributed by atoms with Crippen LogP contribution in [0.4, 0.5) is 5.69 Å². The molecule has 2 saturated heterocycles. The van der Waals surface area contributed by atoms with Gasteiger partial charge in [0.1, 0.15) is 35.9 Å². The summed E-state index contributed by atoms with van der Waals surface area (Å²) in [4.78, 5) is 70.5. The summed E-state index contributed by atoms with van der Waals surface area (Å²) in [6.07, 6.45) is 14.4. The fraction of sp³-hybridized carbons (Fsp3) is 0.269. The fourth-order valence-corrected chi connectivity index (χ4v) is 19.5. The molecule has 21 rings (SSSR count). The van der Waals surface area contributed by atoms with Gasteiger partial charge in [0, 0.05) is 203 Å². The van der Waals surface area contributed by atoms with Gasteiger partial charge in [-0.05, 0) is 192 Å². The van der Waals surface area contributed by atoms with Gasteiger partial charge >= 0.3 is 0 Å². The van der Waals surface area contributed by atoms with E-state index in [-0.39, 0.29) is 47.7 Å². The minimum absolute atomic E-state index is 0.0205. The Morgan fingerprint density at radius 3 is 1.74 bits per heavy atom. The van der Waals surface area contributed by atoms with Crippen LogP contribution in [0.15, 0.2) is 261 Å². The molecule has 0 radical (unpaired) electrons. The lowest BCUT2D eigenvalue weighted by Crippen LogP contribution is -2.39. The molecule has 9 aromatic heterocycles. The SMILES string of the molecule is CC(=O)c1c(C)n(CC(=O)NCc2ccccc2)c2ccccc12.CCCn1cc(C(=O)c2ccc(C)c3ccccc23)c2ccccc21.COc1ccc2c(c1)c(C(=O)N1CCCC(c3nnc4ccccn34)C1)c(C)n2C.COc1ccc2c(c1)c(C(O)N1CCCC(c3nnc4ccccn34)C1)c(C)n2C.Cn1cc(C(=O)N2CCCc3ccccc32)c2ccccc21. The summed E-state index contributed by atoms with van der Waals surface area (Å²) < 4.78 is 25.3. The number of para-hydroxylation sites is 4. The number of fused-ring (bicyclic) bond motifs is 9. The normalized spacial score (nSPS) is 14.7. The van der Waals surface area contributed by atoms with E-state index in [4.69, 9.17) is 9.47 Å². The number of pyridine rings is 2. The molecule has 18 aromatic rings. The monoisotopic (exact) mass is 1750 g/mol. The molecule has 0 aliphatic carbocycles. The summed E-state index contributed by atoms with van der Waals surface area (Å²) in [7, 11) is 9.36. The van der Waals surface area contributed by atoms with Crippen LogP contribution in [0.25, 0.3) is 76.6 Å². The molecular formula is C108H111N15O8. The average molecular weight is 1750 g/mol. The van der Waals surface area contributed by atoms with Crippen LogP contribution in [0, 0.1) is 27.7 Å². The number of Topliss-reactive ketones (excluding diaryl/α,β-unsaturated/α-hetero) is 1. The molecule has 3 amide bonds. The number of amides is 3. The number of carbonyl (C=O) groups is 5. The van der Waals surface area contributed by atoms with E-state index in [9.17, 15) is 29.1 Å². The van der Waals surface area contributed by atoms with Crippen molar-refractivity contribution in [3.8, 4) is 11.5 Å². The number of anilines is 1. The molecule has 12 heterocycles. The first-order valence-electron chi connectivity index (χ1n) is 45.2. The number of aliphatic hydroxyl groups excluding tert-OH is 1. The van der Waals surface area contributed by atoms with Crippen LogP contribution in [-0.4, -0.2) is 143 Å². The Labute approximate surface area is 761 Å². The minimum atomic E-state index is -0.678. The lowest BCUT2D eigenvalue weighted by molar-refractivity contribution is -0.121. The van der Waals surface area contributed by atoms with Gasteiger partial charge in [-0.1, -0.05) is 159 Å². The predicted octanol–water partition coefficient (Wildman–Crippen LogP) is 20.0. The first kappa shape index (κ1) is 88.5. The average Bonchev–Trinajstić information content (AvgIpc) is 1.62. The molecular weight excluding hydrogens is 1640 g/mol. The first-order chi connectivity index (χ1) is 63.7. The number of ether oxygens (including phenoxy) is 2. The number of ketones is 2. The van der Waals surface area contributed by atoms with Crippen molar-refractivity contribution >= 4 is 112 Å². The molecule has 0 bridgehead atoms. The Morgan fingerprint density at radius 1 is 0.496 bits per heavy atom. The second-order valence-electron chi connectivity index (χ2n) is 34.4. The largest absolute Gasteiger partial charge is 0.497 e. The van der Waals surface area contributed by atoms with Crippen LogP contribution < -0.4 is 19.7 Å². The second-order valence-corrected chi connectivity index (χ2v) is 34.4. The molecule has 2 N–H and O–H groups in total. The number of rotatable bonds is 17. The Bertz CT molecular complexity index is 7300. The van der Waals surface area contributed by atoms with Gasteiger partial charge in [0.05, 0.1) is 25.3 Å². The molecule has 3 atom stereocenters. The number of nitrogens with one attached hydrogen (secondary N) is 1. The summed E-state index contributed by atoms with van der Waals surface area (Å²) in [5, 5.41) is 39.0. The molecule has 2 fully saturated rings. The summed E-state index contributed by atoms with van der Waals surface area (Å²) in [5.74, 6) is 4.08. The van der Waals surface area contributed by atoms with E-state index >= 15 is 0 Å². The molecule has 3 aliphatic rings. The zero-order chi connectivity index (χ0) is 91.3. The van der Waals surface area contributed by atoms with Gasteiger partial charge in [-0.3, -0.25) is 37.7 Å². The summed E-state index contributed by atoms with van der Waals surface area (Å²) in [6, 6.07) is 77.9. The third-order valence-corrected chi connectivity index (χ3v) is 26.4. The summed E-state index contributed by atoms with van der Waals surface area (Å²) >= 11 is 0. The lowest BCUT2D eigenvalue weighted by atomic mass is 9.95. The van der Waals surface area contributed by atoms with Gasteiger partial charge in [0.2, 0.25) is 5.91 Å². The van der Waals surface area contributed by atoms with Crippen molar-refractivity contribution in [2.75, 3.05) is 51.8 Å². The Kier molecular flexibility index (Phi) is 26.2. The number of likely N-dealkylation sites (tertiary alicyclic amines) is 2. The van der Waals surface area contributed by atoms with Crippen LogP contribution in [0.3, 0.4) is 0 Å². The molecule has 3 unspecified atom stereocenters. The molecule has 131 heavy (non-hydrogen) atoms. The van der Waals surface area contributed by atoms with Crippen molar-refractivity contribution in [1.29, 1.82) is 0 Å². The van der Waals surface area contributed by atoms with Crippen molar-refractivity contribution in [2.45, 2.75) is 124 Å². The topological polar surface area (TPSA) is 231 Å². The van der Waals surface area contributed by atoms with Gasteiger partial charge in [-0.25, -0.2) is 0 Å². The lowest BCUT2D eigenvalue weighted by Gasteiger charge is -2.35. The highest BCUT2D eigenvalue weighted by atomic mass is 16.5. The number of aromatic nitrogens is 11. The van der Waals surface area contributed by atoms with E-state index in [2.05, 4.69) is 106 Å². The highest BCUT2D eigenvalue weighted by molar-refractivity contribution is 6.22. The molecule has 9 aromatic carbocycles. The quantitative estimate of drug-likeness (QED) is 0.0809. The molecule has 23 heteroatoms. The molecule has 3 aliphatic heterocycles. The predicted molar refractivity (Wildman–Crippen MR) is 519 cm³/mol. The number of aliphatic hydroxyl groups is 1. The standard InChI is InChI=1S/C23H27N5O2.C23H25N5O2.C23H21NO.C20H20N2O2.C19H18N2O/c2*1-15-21(18-13-17(30-3)9-10-19(18)26(15)2)23(29)27-11-6-7-16(14-27)22-25-24-20-8-4-5-12-28(20)22;1-3-14-24-15-21(19-10-6-7-11-22(19)24)23(25)20-13-12-16(2)17-8-4-5-9-18(17)20;1-14-20(15(2)23)17-10-6-7-11-18(17)22(14)13-19(24)21-12-16-8-4-3-5-9-16;1-20-13-16(15-9-3-5-11-18(15)20)19(22)21-12-6-8-14-7-2-4-10-17(14)21/h4-5,8-10,12-13,16,23,29H,6-7,11,14H2,1-3H3;4-5,8-10,12-13,16H,6-7,11,14H2,1-3H3;4-13,15H,3,14H2,1-2H3;3-11H,12-13H2,1-2H3,(H,21,24);2-5,7,9-11,13H,6,8,12H2,1H3. The van der Waals surface area contributed by atoms with Crippen molar-refractivity contribution in [3.05, 3.63) is 340 Å². The Balaban J connectivity index is 0.000000115. The zero-order valence-electron chi connectivity index (χ0n) is 76.2. The van der Waals surface area contributed by atoms with Crippen LogP contribution >= 0.6 is 0 Å². The van der Waals surface area contributed by atoms with Crippen LogP contribution in [-0.2, 0) is 52.0 Å². The van der Waals surface area contributed by atoms with Crippen LogP contribution in [0.5, 0.6) is 11.5 Å². The molecule has 23 nitrogen and oxygen atoms in total. The van der Waals surface area contributed by atoms with Gasteiger partial charge < -0.3 is 52.5 Å². The maximum atomic E-state index is 13.7. The minimum Gasteiger partial charge on any atom is -0.497 e. The van der Waals surface area contributed by atoms with E-state index in [1.165, 1.54) is 11.1 Å².